The van der Waals surface area contributed by atoms with Crippen LogP contribution in [0.4, 0.5) is 0 Å². The van der Waals surface area contributed by atoms with Gasteiger partial charge in [-0.05, 0) is 34.0 Å². The van der Waals surface area contributed by atoms with Crippen LogP contribution in [0, 0.1) is 0 Å². The molecule has 0 saturated carbocycles. The van der Waals surface area contributed by atoms with Crippen molar-refractivity contribution in [2.45, 2.75) is 12.5 Å². The first-order chi connectivity index (χ1) is 5.59. The third-order valence-electron chi connectivity index (χ3n) is 1.48. The third kappa shape index (κ3) is 2.35. The van der Waals surface area contributed by atoms with Crippen molar-refractivity contribution in [2.75, 3.05) is 0 Å². The van der Waals surface area contributed by atoms with Crippen LogP contribution in [0.1, 0.15) is 5.56 Å². The Bertz CT molecular complexity index is 285. The van der Waals surface area contributed by atoms with Crippen LogP contribution in [0.3, 0.4) is 0 Å². The van der Waals surface area contributed by atoms with Gasteiger partial charge < -0.3 is 15.8 Å². The maximum atomic E-state index is 10.4. The smallest absolute Gasteiger partial charge is 0.320 e. The van der Waals surface area contributed by atoms with Crippen molar-refractivity contribution < 1.29 is 9.90 Å². The summed E-state index contributed by atoms with van der Waals surface area (Å²) in [6, 6.07) is 0.982. The molecule has 0 spiro atoms. The second-order valence-electron chi connectivity index (χ2n) is 2.50. The molecular formula is C7H9BrN2O2. The molecule has 1 unspecified atom stereocenters. The minimum Gasteiger partial charge on any atom is -0.480 e. The van der Waals surface area contributed by atoms with Crippen LogP contribution >= 0.6 is 15.9 Å². The standard InChI is InChI=1S/C7H9BrN2O2/c8-6-2-4(3-10-6)1-5(9)7(11)12/h2-3,5,10H,1,9H2,(H,11,12). The molecule has 0 radical (unpaired) electrons. The molecule has 4 nitrogen and oxygen atoms in total. The number of carbonyl (C=O) groups is 1. The summed E-state index contributed by atoms with van der Waals surface area (Å²) < 4.78 is 0.829. The number of halogens is 1. The molecule has 0 aromatic carbocycles. The molecule has 12 heavy (non-hydrogen) atoms. The van der Waals surface area contributed by atoms with Gasteiger partial charge in [0.15, 0.2) is 0 Å². The van der Waals surface area contributed by atoms with E-state index in [1.54, 1.807) is 6.20 Å². The normalized spacial score (nSPS) is 12.8. The molecule has 0 amide bonds. The molecule has 1 heterocycles. The Morgan fingerprint density at radius 3 is 2.92 bits per heavy atom. The van der Waals surface area contributed by atoms with Gasteiger partial charge >= 0.3 is 5.97 Å². The van der Waals surface area contributed by atoms with Crippen molar-refractivity contribution in [3.63, 3.8) is 0 Å². The highest BCUT2D eigenvalue weighted by Gasteiger charge is 2.12. The van der Waals surface area contributed by atoms with E-state index < -0.39 is 12.0 Å². The van der Waals surface area contributed by atoms with E-state index >= 15 is 0 Å². The van der Waals surface area contributed by atoms with Crippen LogP contribution in [-0.2, 0) is 11.2 Å². The summed E-state index contributed by atoms with van der Waals surface area (Å²) in [7, 11) is 0. The zero-order valence-electron chi connectivity index (χ0n) is 6.25. The highest BCUT2D eigenvalue weighted by Crippen LogP contribution is 2.10. The lowest BCUT2D eigenvalue weighted by molar-refractivity contribution is -0.138. The Kier molecular flexibility index (Phi) is 2.88. The number of nitrogens with one attached hydrogen (secondary N) is 1. The molecule has 0 bridgehead atoms. The Hall–Kier alpha value is -0.810. The third-order valence-corrected chi connectivity index (χ3v) is 1.94. The fraction of sp³-hybridized carbons (Fsp3) is 0.286. The van der Waals surface area contributed by atoms with E-state index in [0.29, 0.717) is 6.42 Å². The molecule has 1 aromatic rings. The van der Waals surface area contributed by atoms with Crippen molar-refractivity contribution >= 4 is 21.9 Å². The Morgan fingerprint density at radius 1 is 1.83 bits per heavy atom. The average Bonchev–Trinajstić information content (AvgIpc) is 2.35. The molecule has 0 fully saturated rings. The zero-order valence-corrected chi connectivity index (χ0v) is 7.84. The number of carboxylic acids is 1. The molecule has 1 rings (SSSR count). The minimum atomic E-state index is -0.979. The maximum Gasteiger partial charge on any atom is 0.320 e. The predicted octanol–water partition coefficient (Wildman–Crippen LogP) is 0.732. The monoisotopic (exact) mass is 232 g/mol. The molecule has 0 saturated heterocycles. The molecule has 66 valence electrons. The summed E-state index contributed by atoms with van der Waals surface area (Å²) in [5.74, 6) is -0.979. The van der Waals surface area contributed by atoms with Crippen molar-refractivity contribution in [3.05, 3.63) is 22.4 Å². The number of rotatable bonds is 3. The van der Waals surface area contributed by atoms with Gasteiger partial charge in [-0.25, -0.2) is 0 Å². The lowest BCUT2D eigenvalue weighted by Gasteiger charge is -2.02. The van der Waals surface area contributed by atoms with Gasteiger partial charge in [0, 0.05) is 6.20 Å². The molecule has 5 heteroatoms. The predicted molar refractivity (Wildman–Crippen MR) is 47.8 cm³/mol. The van der Waals surface area contributed by atoms with Gasteiger partial charge in [0.25, 0.3) is 0 Å². The van der Waals surface area contributed by atoms with E-state index in [9.17, 15) is 4.79 Å². The number of carboxylic acid groups (broad SMARTS) is 1. The largest absolute Gasteiger partial charge is 0.480 e. The van der Waals surface area contributed by atoms with Crippen LogP contribution in [0.5, 0.6) is 0 Å². The fourth-order valence-corrected chi connectivity index (χ4v) is 1.28. The lowest BCUT2D eigenvalue weighted by Crippen LogP contribution is -2.32. The summed E-state index contributed by atoms with van der Waals surface area (Å²) in [6.07, 6.45) is 2.07. The fourth-order valence-electron chi connectivity index (χ4n) is 0.867. The van der Waals surface area contributed by atoms with Crippen LogP contribution in [0.25, 0.3) is 0 Å². The highest BCUT2D eigenvalue weighted by atomic mass is 79.9. The van der Waals surface area contributed by atoms with E-state index in [4.69, 9.17) is 10.8 Å². The van der Waals surface area contributed by atoms with Crippen LogP contribution < -0.4 is 5.73 Å². The lowest BCUT2D eigenvalue weighted by atomic mass is 10.1. The van der Waals surface area contributed by atoms with Crippen LogP contribution in [-0.4, -0.2) is 22.1 Å². The summed E-state index contributed by atoms with van der Waals surface area (Å²) in [4.78, 5) is 13.2. The molecule has 4 N–H and O–H groups in total. The number of aromatic nitrogens is 1. The number of hydrogen-bond acceptors (Lipinski definition) is 2. The Balaban J connectivity index is 2.58. The van der Waals surface area contributed by atoms with E-state index in [0.717, 1.165) is 10.2 Å². The first kappa shape index (κ1) is 9.28. The summed E-state index contributed by atoms with van der Waals surface area (Å²) in [5.41, 5.74) is 6.21. The van der Waals surface area contributed by atoms with E-state index in [2.05, 4.69) is 20.9 Å². The number of aliphatic carboxylic acids is 1. The number of H-pyrrole nitrogens is 1. The second kappa shape index (κ2) is 3.73. The van der Waals surface area contributed by atoms with Gasteiger partial charge in [-0.2, -0.15) is 0 Å². The molecule has 0 aliphatic rings. The number of hydrogen-bond donors (Lipinski definition) is 3. The minimum absolute atomic E-state index is 0.345. The van der Waals surface area contributed by atoms with E-state index in [1.165, 1.54) is 0 Å². The molecule has 0 aliphatic carbocycles. The quantitative estimate of drug-likeness (QED) is 0.720. The van der Waals surface area contributed by atoms with Crippen LogP contribution in [0.15, 0.2) is 16.9 Å². The number of aromatic amines is 1. The first-order valence-corrected chi connectivity index (χ1v) is 4.20. The summed E-state index contributed by atoms with van der Waals surface area (Å²) >= 11 is 3.22. The van der Waals surface area contributed by atoms with Crippen molar-refractivity contribution in [1.82, 2.24) is 4.98 Å². The zero-order chi connectivity index (χ0) is 9.14. The topological polar surface area (TPSA) is 79.1 Å². The van der Waals surface area contributed by atoms with Crippen molar-refractivity contribution in [3.8, 4) is 0 Å². The molecule has 1 atom stereocenters. The Labute approximate surface area is 77.9 Å². The van der Waals surface area contributed by atoms with Crippen molar-refractivity contribution in [1.29, 1.82) is 0 Å². The second-order valence-corrected chi connectivity index (χ2v) is 3.36. The summed E-state index contributed by atoms with van der Waals surface area (Å²) in [5, 5.41) is 8.50. The maximum absolute atomic E-state index is 10.4. The molecule has 0 aliphatic heterocycles. The SMILES string of the molecule is NC(Cc1c[nH]c(Br)c1)C(=O)O. The van der Waals surface area contributed by atoms with E-state index in [-0.39, 0.29) is 0 Å². The van der Waals surface area contributed by atoms with Gasteiger partial charge in [0.1, 0.15) is 6.04 Å². The molecule has 1 aromatic heterocycles. The van der Waals surface area contributed by atoms with E-state index in [1.807, 2.05) is 6.07 Å². The first-order valence-electron chi connectivity index (χ1n) is 3.41. The van der Waals surface area contributed by atoms with Gasteiger partial charge in [0.05, 0.1) is 4.60 Å². The highest BCUT2D eigenvalue weighted by molar-refractivity contribution is 9.10. The molecular weight excluding hydrogens is 224 g/mol. The average molecular weight is 233 g/mol. The van der Waals surface area contributed by atoms with Gasteiger partial charge in [-0.3, -0.25) is 4.79 Å². The van der Waals surface area contributed by atoms with Gasteiger partial charge in [0.2, 0.25) is 0 Å². The van der Waals surface area contributed by atoms with Crippen LogP contribution in [0.2, 0.25) is 0 Å². The summed E-state index contributed by atoms with van der Waals surface area (Å²) in [6.45, 7) is 0. The van der Waals surface area contributed by atoms with Gasteiger partial charge in [-0.1, -0.05) is 0 Å². The van der Waals surface area contributed by atoms with Crippen molar-refractivity contribution in [2.24, 2.45) is 5.73 Å². The Morgan fingerprint density at radius 2 is 2.50 bits per heavy atom. The van der Waals surface area contributed by atoms with Gasteiger partial charge in [-0.15, -0.1) is 0 Å². The number of nitrogens with two attached hydrogens (primary N) is 1.